The summed E-state index contributed by atoms with van der Waals surface area (Å²) in [5.74, 6) is 0. The summed E-state index contributed by atoms with van der Waals surface area (Å²) in [7, 11) is 0. The van der Waals surface area contributed by atoms with E-state index < -0.39 is 0 Å². The van der Waals surface area contributed by atoms with Gasteiger partial charge in [-0.05, 0) is 12.1 Å². The largest absolute Gasteiger partial charge is 0.389 e. The fourth-order valence-electron chi connectivity index (χ4n) is 1.16. The topological polar surface area (TPSA) is 33.1 Å². The predicted octanol–water partition coefficient (Wildman–Crippen LogP) is 2.96. The molecule has 0 aliphatic heterocycles. The van der Waals surface area contributed by atoms with Crippen LogP contribution >= 0.6 is 22.9 Å². The Morgan fingerprint density at radius 3 is 2.93 bits per heavy atom. The molecule has 0 unspecified atom stereocenters. The first-order valence-electron chi connectivity index (χ1n) is 4.11. The van der Waals surface area contributed by atoms with Crippen LogP contribution < -0.4 is 0 Å². The van der Waals surface area contributed by atoms with E-state index in [1.807, 2.05) is 29.6 Å². The number of halogens is 1. The highest BCUT2D eigenvalue weighted by Gasteiger charge is 2.03. The molecule has 2 aromatic rings. The highest BCUT2D eigenvalue weighted by Crippen LogP contribution is 2.24. The van der Waals surface area contributed by atoms with Crippen molar-refractivity contribution < 1.29 is 5.11 Å². The molecule has 0 spiro atoms. The molecule has 0 amide bonds. The molecule has 4 heteroatoms. The molecule has 0 saturated heterocycles. The van der Waals surface area contributed by atoms with Gasteiger partial charge in [0.25, 0.3) is 0 Å². The number of aliphatic hydroxyl groups excluding tert-OH is 1. The number of rotatable bonds is 2. The number of aliphatic hydroxyl groups is 1. The van der Waals surface area contributed by atoms with Crippen LogP contribution in [0, 0.1) is 0 Å². The lowest BCUT2D eigenvalue weighted by molar-refractivity contribution is 0.281. The Labute approximate surface area is 90.8 Å². The van der Waals surface area contributed by atoms with E-state index in [1.165, 1.54) is 11.3 Å². The zero-order valence-corrected chi connectivity index (χ0v) is 8.85. The molecular formula is C10H8ClNOS. The highest BCUT2D eigenvalue weighted by molar-refractivity contribution is 7.09. The Balaban J connectivity index is 2.39. The van der Waals surface area contributed by atoms with Crippen molar-refractivity contribution in [1.29, 1.82) is 0 Å². The SMILES string of the molecule is OCc1nc(-c2cccc(Cl)c2)cs1. The van der Waals surface area contributed by atoms with Gasteiger partial charge in [-0.3, -0.25) is 0 Å². The van der Waals surface area contributed by atoms with Gasteiger partial charge >= 0.3 is 0 Å². The van der Waals surface area contributed by atoms with Gasteiger partial charge in [0.1, 0.15) is 5.01 Å². The summed E-state index contributed by atoms with van der Waals surface area (Å²) >= 11 is 7.31. The first-order valence-corrected chi connectivity index (χ1v) is 5.36. The summed E-state index contributed by atoms with van der Waals surface area (Å²) in [6.07, 6.45) is 0. The van der Waals surface area contributed by atoms with E-state index in [0.29, 0.717) is 5.02 Å². The fourth-order valence-corrected chi connectivity index (χ4v) is 2.02. The van der Waals surface area contributed by atoms with Gasteiger partial charge in [0.2, 0.25) is 0 Å². The number of nitrogens with zero attached hydrogens (tertiary/aromatic N) is 1. The van der Waals surface area contributed by atoms with Crippen LogP contribution in [0.5, 0.6) is 0 Å². The van der Waals surface area contributed by atoms with Gasteiger partial charge in [0.05, 0.1) is 12.3 Å². The molecule has 1 heterocycles. The van der Waals surface area contributed by atoms with Gasteiger partial charge in [-0.2, -0.15) is 0 Å². The average Bonchev–Trinajstić information content (AvgIpc) is 2.66. The molecular weight excluding hydrogens is 218 g/mol. The lowest BCUT2D eigenvalue weighted by Gasteiger charge is -1.96. The average molecular weight is 226 g/mol. The third-order valence-corrected chi connectivity index (χ3v) is 2.88. The first kappa shape index (κ1) is 9.65. The standard InChI is InChI=1S/C10H8ClNOS/c11-8-3-1-2-7(4-8)9-6-14-10(5-13)12-9/h1-4,6,13H,5H2. The lowest BCUT2D eigenvalue weighted by atomic mass is 10.2. The van der Waals surface area contributed by atoms with Gasteiger partial charge < -0.3 is 5.11 Å². The quantitative estimate of drug-likeness (QED) is 0.853. The molecule has 2 nitrogen and oxygen atoms in total. The molecule has 1 N–H and O–H groups in total. The van der Waals surface area contributed by atoms with Crippen molar-refractivity contribution >= 4 is 22.9 Å². The van der Waals surface area contributed by atoms with E-state index >= 15 is 0 Å². The fraction of sp³-hybridized carbons (Fsp3) is 0.100. The minimum Gasteiger partial charge on any atom is -0.389 e. The highest BCUT2D eigenvalue weighted by atomic mass is 35.5. The Morgan fingerprint density at radius 1 is 1.43 bits per heavy atom. The van der Waals surface area contributed by atoms with E-state index in [2.05, 4.69) is 4.98 Å². The molecule has 0 radical (unpaired) electrons. The van der Waals surface area contributed by atoms with Crippen LogP contribution in [0.25, 0.3) is 11.3 Å². The van der Waals surface area contributed by atoms with Crippen molar-refractivity contribution in [2.45, 2.75) is 6.61 Å². The van der Waals surface area contributed by atoms with E-state index in [0.717, 1.165) is 16.3 Å². The zero-order valence-electron chi connectivity index (χ0n) is 7.27. The van der Waals surface area contributed by atoms with Crippen LogP contribution in [0.15, 0.2) is 29.6 Å². The molecule has 0 aliphatic rings. The van der Waals surface area contributed by atoms with E-state index in [-0.39, 0.29) is 6.61 Å². The molecule has 0 aliphatic carbocycles. The van der Waals surface area contributed by atoms with E-state index in [4.69, 9.17) is 16.7 Å². The maximum absolute atomic E-state index is 8.87. The van der Waals surface area contributed by atoms with Crippen molar-refractivity contribution in [2.75, 3.05) is 0 Å². The maximum atomic E-state index is 8.87. The first-order chi connectivity index (χ1) is 6.79. The second kappa shape index (κ2) is 4.09. The molecule has 0 saturated carbocycles. The summed E-state index contributed by atoms with van der Waals surface area (Å²) < 4.78 is 0. The van der Waals surface area contributed by atoms with Crippen LogP contribution in [0.3, 0.4) is 0 Å². The molecule has 1 aromatic heterocycles. The zero-order chi connectivity index (χ0) is 9.97. The molecule has 2 rings (SSSR count). The molecule has 0 bridgehead atoms. The predicted molar refractivity (Wildman–Crippen MR) is 58.5 cm³/mol. The van der Waals surface area contributed by atoms with Gasteiger partial charge in [-0.25, -0.2) is 4.98 Å². The van der Waals surface area contributed by atoms with Crippen LogP contribution in [0.2, 0.25) is 5.02 Å². The number of hydrogen-bond donors (Lipinski definition) is 1. The summed E-state index contributed by atoms with van der Waals surface area (Å²) in [4.78, 5) is 4.25. The van der Waals surface area contributed by atoms with Gasteiger partial charge in [0, 0.05) is 16.0 Å². The van der Waals surface area contributed by atoms with E-state index in [9.17, 15) is 0 Å². The summed E-state index contributed by atoms with van der Waals surface area (Å²) in [6.45, 7) is -0.00870. The van der Waals surface area contributed by atoms with Crippen LogP contribution in [0.1, 0.15) is 5.01 Å². The molecule has 0 atom stereocenters. The number of aromatic nitrogens is 1. The minimum absolute atomic E-state index is 0.00870. The van der Waals surface area contributed by atoms with E-state index in [1.54, 1.807) is 0 Å². The number of benzene rings is 1. The van der Waals surface area contributed by atoms with Gasteiger partial charge in [0.15, 0.2) is 0 Å². The third-order valence-electron chi connectivity index (χ3n) is 1.81. The normalized spacial score (nSPS) is 10.4. The number of hydrogen-bond acceptors (Lipinski definition) is 3. The Bertz CT molecular complexity index is 441. The Kier molecular flexibility index (Phi) is 2.82. The van der Waals surface area contributed by atoms with Crippen LogP contribution in [-0.2, 0) is 6.61 Å². The van der Waals surface area contributed by atoms with Crippen molar-refractivity contribution in [3.8, 4) is 11.3 Å². The summed E-state index contributed by atoms with van der Waals surface area (Å²) in [5.41, 5.74) is 1.84. The van der Waals surface area contributed by atoms with Crippen molar-refractivity contribution in [3.63, 3.8) is 0 Å². The van der Waals surface area contributed by atoms with Crippen LogP contribution in [0.4, 0.5) is 0 Å². The maximum Gasteiger partial charge on any atom is 0.119 e. The molecule has 14 heavy (non-hydrogen) atoms. The lowest BCUT2D eigenvalue weighted by Crippen LogP contribution is -1.81. The molecule has 1 aromatic carbocycles. The minimum atomic E-state index is -0.00870. The van der Waals surface area contributed by atoms with Crippen molar-refractivity contribution in [2.24, 2.45) is 0 Å². The second-order valence-electron chi connectivity index (χ2n) is 2.79. The Hall–Kier alpha value is -0.900. The van der Waals surface area contributed by atoms with Gasteiger partial charge in [-0.15, -0.1) is 11.3 Å². The molecule has 0 fully saturated rings. The van der Waals surface area contributed by atoms with Crippen molar-refractivity contribution in [3.05, 3.63) is 39.7 Å². The molecule has 72 valence electrons. The second-order valence-corrected chi connectivity index (χ2v) is 4.17. The third kappa shape index (κ3) is 1.95. The summed E-state index contributed by atoms with van der Waals surface area (Å²) in [6, 6.07) is 7.51. The number of thiazole rings is 1. The monoisotopic (exact) mass is 225 g/mol. The Morgan fingerprint density at radius 2 is 2.29 bits per heavy atom. The smallest absolute Gasteiger partial charge is 0.119 e. The summed E-state index contributed by atoms with van der Waals surface area (Å²) in [5, 5.41) is 12.2. The van der Waals surface area contributed by atoms with Crippen LogP contribution in [-0.4, -0.2) is 10.1 Å². The van der Waals surface area contributed by atoms with Gasteiger partial charge in [-0.1, -0.05) is 23.7 Å². The van der Waals surface area contributed by atoms with Crippen molar-refractivity contribution in [1.82, 2.24) is 4.98 Å².